The Morgan fingerprint density at radius 3 is 2.67 bits per heavy atom. The summed E-state index contributed by atoms with van der Waals surface area (Å²) in [4.78, 5) is 32.6. The van der Waals surface area contributed by atoms with Crippen molar-refractivity contribution in [3.63, 3.8) is 0 Å². The number of nitrogens with two attached hydrogens (primary N) is 1. The van der Waals surface area contributed by atoms with Gasteiger partial charge in [-0.25, -0.2) is 4.98 Å². The van der Waals surface area contributed by atoms with Gasteiger partial charge in [-0.05, 0) is 30.0 Å². The fraction of sp³-hybridized carbons (Fsp3) is 0.389. The highest BCUT2D eigenvalue weighted by molar-refractivity contribution is 5.94. The van der Waals surface area contributed by atoms with Crippen LogP contribution in [0.2, 0.25) is 0 Å². The van der Waals surface area contributed by atoms with Gasteiger partial charge in [-0.2, -0.15) is 0 Å². The zero-order valence-corrected chi connectivity index (χ0v) is 14.0. The van der Waals surface area contributed by atoms with Crippen LogP contribution in [0.25, 0.3) is 0 Å². The fourth-order valence-electron chi connectivity index (χ4n) is 3.08. The summed E-state index contributed by atoms with van der Waals surface area (Å²) in [5, 5.41) is 0. The number of carbonyl (C=O) groups is 1. The van der Waals surface area contributed by atoms with Crippen molar-refractivity contribution < 1.29 is 4.79 Å². The van der Waals surface area contributed by atoms with Gasteiger partial charge in [0.2, 0.25) is 5.95 Å². The third-order valence-electron chi connectivity index (χ3n) is 4.50. The molecule has 2 aromatic rings. The molecule has 1 atom stereocenters. The van der Waals surface area contributed by atoms with E-state index in [0.29, 0.717) is 30.3 Å². The van der Waals surface area contributed by atoms with Crippen LogP contribution in [0.1, 0.15) is 53.7 Å². The smallest absolute Gasteiger partial charge is 0.253 e. The van der Waals surface area contributed by atoms with Gasteiger partial charge in [0.05, 0.1) is 5.69 Å². The lowest BCUT2D eigenvalue weighted by Crippen LogP contribution is -2.28. The van der Waals surface area contributed by atoms with E-state index >= 15 is 0 Å². The minimum absolute atomic E-state index is 0.0191. The van der Waals surface area contributed by atoms with Crippen molar-refractivity contribution in [3.05, 3.63) is 57.5 Å². The summed E-state index contributed by atoms with van der Waals surface area (Å²) in [5.41, 5.74) is 7.91. The molecule has 3 rings (SSSR count). The van der Waals surface area contributed by atoms with Gasteiger partial charge in [0.15, 0.2) is 0 Å². The molecule has 1 aliphatic rings. The van der Waals surface area contributed by atoms with E-state index in [4.69, 9.17) is 5.73 Å². The first-order chi connectivity index (χ1) is 11.4. The number of carbonyl (C=O) groups excluding carboxylic acids is 1. The highest BCUT2D eigenvalue weighted by atomic mass is 16.2. The minimum atomic E-state index is -0.258. The van der Waals surface area contributed by atoms with Crippen LogP contribution in [0.5, 0.6) is 0 Å². The largest absolute Gasteiger partial charge is 0.369 e. The molecule has 0 bridgehead atoms. The number of aromatic amines is 1. The molecular formula is C18H22N4O2. The van der Waals surface area contributed by atoms with Crippen molar-refractivity contribution in [1.29, 1.82) is 0 Å². The SMILES string of the molecule is CC(C)c1ccc(C(=O)N2CC[C@H](c3cc(=O)[nH]c(N)n3)C2)cc1. The molecule has 1 aromatic carbocycles. The summed E-state index contributed by atoms with van der Waals surface area (Å²) < 4.78 is 0. The Bertz CT molecular complexity index is 795. The number of hydrogen-bond acceptors (Lipinski definition) is 4. The lowest BCUT2D eigenvalue weighted by molar-refractivity contribution is 0.0790. The number of anilines is 1. The molecule has 126 valence electrons. The first-order valence-corrected chi connectivity index (χ1v) is 8.20. The van der Waals surface area contributed by atoms with Crippen molar-refractivity contribution in [1.82, 2.24) is 14.9 Å². The van der Waals surface area contributed by atoms with E-state index in [1.54, 1.807) is 0 Å². The maximum atomic E-state index is 12.7. The maximum Gasteiger partial charge on any atom is 0.253 e. The molecule has 1 amide bonds. The molecule has 3 N–H and O–H groups in total. The predicted octanol–water partition coefficient (Wildman–Crippen LogP) is 2.11. The van der Waals surface area contributed by atoms with Crippen LogP contribution in [0.15, 0.2) is 35.1 Å². The summed E-state index contributed by atoms with van der Waals surface area (Å²) in [5.74, 6) is 0.628. The predicted molar refractivity (Wildman–Crippen MR) is 93.1 cm³/mol. The molecule has 0 unspecified atom stereocenters. The molecule has 2 heterocycles. The highest BCUT2D eigenvalue weighted by Gasteiger charge is 2.29. The van der Waals surface area contributed by atoms with Gasteiger partial charge in [0.1, 0.15) is 0 Å². The van der Waals surface area contributed by atoms with Crippen LogP contribution in [0, 0.1) is 0 Å². The summed E-state index contributed by atoms with van der Waals surface area (Å²) in [6, 6.07) is 9.24. The van der Waals surface area contributed by atoms with Gasteiger partial charge in [-0.15, -0.1) is 0 Å². The molecule has 1 aromatic heterocycles. The lowest BCUT2D eigenvalue weighted by atomic mass is 10.0. The van der Waals surface area contributed by atoms with Gasteiger partial charge >= 0.3 is 0 Å². The molecule has 0 saturated carbocycles. The van der Waals surface area contributed by atoms with Crippen LogP contribution in [0.4, 0.5) is 5.95 Å². The Labute approximate surface area is 140 Å². The monoisotopic (exact) mass is 326 g/mol. The van der Waals surface area contributed by atoms with E-state index < -0.39 is 0 Å². The maximum absolute atomic E-state index is 12.7. The van der Waals surface area contributed by atoms with E-state index in [9.17, 15) is 9.59 Å². The second kappa shape index (κ2) is 6.47. The number of likely N-dealkylation sites (tertiary alicyclic amines) is 1. The Hall–Kier alpha value is -2.63. The van der Waals surface area contributed by atoms with Gasteiger partial charge in [0.25, 0.3) is 11.5 Å². The first-order valence-electron chi connectivity index (χ1n) is 8.20. The van der Waals surface area contributed by atoms with Gasteiger partial charge in [-0.3, -0.25) is 14.6 Å². The Kier molecular flexibility index (Phi) is 4.38. The van der Waals surface area contributed by atoms with E-state index in [2.05, 4.69) is 23.8 Å². The molecule has 1 aliphatic heterocycles. The van der Waals surface area contributed by atoms with Gasteiger partial charge in [0, 0.05) is 30.6 Å². The van der Waals surface area contributed by atoms with Gasteiger partial charge in [-0.1, -0.05) is 26.0 Å². The molecule has 1 fully saturated rings. The van der Waals surface area contributed by atoms with E-state index in [-0.39, 0.29) is 23.3 Å². The average molecular weight is 326 g/mol. The number of nitrogens with zero attached hydrogens (tertiary/aromatic N) is 2. The molecule has 6 nitrogen and oxygen atoms in total. The van der Waals surface area contributed by atoms with Crippen LogP contribution in [-0.2, 0) is 0 Å². The minimum Gasteiger partial charge on any atom is -0.369 e. The standard InChI is InChI=1S/C18H22N4O2/c1-11(2)12-3-5-13(6-4-12)17(24)22-8-7-14(10-22)15-9-16(23)21-18(19)20-15/h3-6,9,11,14H,7-8,10H2,1-2H3,(H3,19,20,21,23)/t14-/m0/s1. The topological polar surface area (TPSA) is 92.1 Å². The van der Waals surface area contributed by atoms with Crippen molar-refractivity contribution in [2.24, 2.45) is 0 Å². The number of amides is 1. The molecule has 24 heavy (non-hydrogen) atoms. The van der Waals surface area contributed by atoms with Crippen molar-refractivity contribution in [2.45, 2.75) is 32.1 Å². The summed E-state index contributed by atoms with van der Waals surface area (Å²) in [7, 11) is 0. The Morgan fingerprint density at radius 2 is 2.04 bits per heavy atom. The van der Waals surface area contributed by atoms with E-state index in [1.165, 1.54) is 11.6 Å². The zero-order chi connectivity index (χ0) is 17.3. The molecular weight excluding hydrogens is 304 g/mol. The number of H-pyrrole nitrogens is 1. The number of nitrogens with one attached hydrogen (secondary N) is 1. The number of hydrogen-bond donors (Lipinski definition) is 2. The molecule has 6 heteroatoms. The lowest BCUT2D eigenvalue weighted by Gasteiger charge is -2.17. The van der Waals surface area contributed by atoms with E-state index in [1.807, 2.05) is 29.2 Å². The summed E-state index contributed by atoms with van der Waals surface area (Å²) >= 11 is 0. The number of aromatic nitrogens is 2. The highest BCUT2D eigenvalue weighted by Crippen LogP contribution is 2.27. The Morgan fingerprint density at radius 1 is 1.33 bits per heavy atom. The average Bonchev–Trinajstić information content (AvgIpc) is 3.03. The molecule has 0 radical (unpaired) electrons. The van der Waals surface area contributed by atoms with Crippen LogP contribution in [-0.4, -0.2) is 33.9 Å². The van der Waals surface area contributed by atoms with Crippen LogP contribution >= 0.6 is 0 Å². The Balaban J connectivity index is 1.72. The number of benzene rings is 1. The number of nitrogen functional groups attached to an aromatic ring is 1. The summed E-state index contributed by atoms with van der Waals surface area (Å²) in [6.07, 6.45) is 0.783. The normalized spacial score (nSPS) is 17.5. The third kappa shape index (κ3) is 3.32. The first kappa shape index (κ1) is 16.2. The number of rotatable bonds is 3. The zero-order valence-electron chi connectivity index (χ0n) is 14.0. The van der Waals surface area contributed by atoms with Crippen LogP contribution < -0.4 is 11.3 Å². The quantitative estimate of drug-likeness (QED) is 0.903. The summed E-state index contributed by atoms with van der Waals surface area (Å²) in [6.45, 7) is 5.47. The van der Waals surface area contributed by atoms with Gasteiger partial charge < -0.3 is 10.6 Å². The van der Waals surface area contributed by atoms with Crippen molar-refractivity contribution in [2.75, 3.05) is 18.8 Å². The van der Waals surface area contributed by atoms with E-state index in [0.717, 1.165) is 6.42 Å². The second-order valence-corrected chi connectivity index (χ2v) is 6.57. The second-order valence-electron chi connectivity index (χ2n) is 6.57. The van der Waals surface area contributed by atoms with Crippen molar-refractivity contribution >= 4 is 11.9 Å². The van der Waals surface area contributed by atoms with Crippen molar-refractivity contribution in [3.8, 4) is 0 Å². The third-order valence-corrected chi connectivity index (χ3v) is 4.50. The fourth-order valence-corrected chi connectivity index (χ4v) is 3.08. The van der Waals surface area contributed by atoms with Crippen LogP contribution in [0.3, 0.4) is 0 Å². The molecule has 0 spiro atoms. The molecule has 0 aliphatic carbocycles. The molecule has 1 saturated heterocycles.